The third kappa shape index (κ3) is 3.35. The Morgan fingerprint density at radius 1 is 1.26 bits per heavy atom. The second kappa shape index (κ2) is 5.89. The van der Waals surface area contributed by atoms with Gasteiger partial charge in [-0.25, -0.2) is 0 Å². The maximum Gasteiger partial charge on any atom is 0.163 e. The fourth-order valence-electron chi connectivity index (χ4n) is 1.80. The molecule has 2 aromatic carbocycles. The molecule has 0 aliphatic carbocycles. The topological polar surface area (TPSA) is 52.3 Å². The average Bonchev–Trinajstić information content (AvgIpc) is 2.36. The first kappa shape index (κ1) is 13.6. The lowest BCUT2D eigenvalue weighted by Gasteiger charge is -2.10. The van der Waals surface area contributed by atoms with E-state index in [9.17, 15) is 4.79 Å². The van der Waals surface area contributed by atoms with Gasteiger partial charge in [-0.15, -0.1) is 0 Å². The minimum atomic E-state index is -0.0704. The molecule has 19 heavy (non-hydrogen) atoms. The van der Waals surface area contributed by atoms with E-state index in [0.29, 0.717) is 28.1 Å². The van der Waals surface area contributed by atoms with E-state index in [2.05, 4.69) is 15.9 Å². The number of carbonyl (C=O) groups excluding carboxylic acids is 1. The van der Waals surface area contributed by atoms with Crippen molar-refractivity contribution in [1.82, 2.24) is 0 Å². The van der Waals surface area contributed by atoms with Gasteiger partial charge in [0.1, 0.15) is 12.4 Å². The van der Waals surface area contributed by atoms with Crippen LogP contribution in [0.3, 0.4) is 0 Å². The van der Waals surface area contributed by atoms with Crippen molar-refractivity contribution in [1.29, 1.82) is 0 Å². The Bertz CT molecular complexity index is 573. The predicted octanol–water partition coefficient (Wildman–Crippen LogP) is 3.81. The van der Waals surface area contributed by atoms with Crippen LogP contribution < -0.4 is 10.5 Å². The third-order valence-corrected chi connectivity index (χ3v) is 3.32. The maximum atomic E-state index is 11.4. The molecule has 0 atom stereocenters. The minimum Gasteiger partial charge on any atom is -0.489 e. The van der Waals surface area contributed by atoms with Gasteiger partial charge < -0.3 is 10.5 Å². The van der Waals surface area contributed by atoms with Gasteiger partial charge >= 0.3 is 0 Å². The first-order valence-electron chi connectivity index (χ1n) is 5.84. The summed E-state index contributed by atoms with van der Waals surface area (Å²) in [6.45, 7) is 1.95. The number of carbonyl (C=O) groups is 1. The lowest BCUT2D eigenvalue weighted by Crippen LogP contribution is -2.03. The summed E-state index contributed by atoms with van der Waals surface area (Å²) in [5.41, 5.74) is 7.85. The number of benzene rings is 2. The minimum absolute atomic E-state index is 0.0704. The highest BCUT2D eigenvalue weighted by Gasteiger charge is 2.11. The zero-order valence-corrected chi connectivity index (χ0v) is 12.1. The Balaban J connectivity index is 2.16. The number of anilines is 1. The summed E-state index contributed by atoms with van der Waals surface area (Å²) in [6.07, 6.45) is 0. The Kier molecular flexibility index (Phi) is 4.22. The quantitative estimate of drug-likeness (QED) is 0.688. The Morgan fingerprint density at radius 2 is 1.95 bits per heavy atom. The van der Waals surface area contributed by atoms with E-state index in [0.717, 1.165) is 5.56 Å². The van der Waals surface area contributed by atoms with Gasteiger partial charge in [0.25, 0.3) is 0 Å². The van der Waals surface area contributed by atoms with Crippen LogP contribution in [0.2, 0.25) is 0 Å². The highest BCUT2D eigenvalue weighted by Crippen LogP contribution is 2.29. The van der Waals surface area contributed by atoms with Gasteiger partial charge in [-0.1, -0.05) is 30.3 Å². The molecule has 0 fully saturated rings. The van der Waals surface area contributed by atoms with Crippen molar-refractivity contribution in [2.24, 2.45) is 0 Å². The van der Waals surface area contributed by atoms with Crippen LogP contribution >= 0.6 is 15.9 Å². The molecule has 0 heterocycles. The molecule has 3 nitrogen and oxygen atoms in total. The summed E-state index contributed by atoms with van der Waals surface area (Å²) in [5, 5.41) is 0. The first-order chi connectivity index (χ1) is 9.08. The lowest BCUT2D eigenvalue weighted by molar-refractivity contribution is 0.101. The van der Waals surface area contributed by atoms with E-state index < -0.39 is 0 Å². The van der Waals surface area contributed by atoms with Crippen molar-refractivity contribution in [2.45, 2.75) is 13.5 Å². The molecule has 0 aliphatic rings. The molecule has 0 bridgehead atoms. The van der Waals surface area contributed by atoms with Gasteiger partial charge in [-0.05, 0) is 34.5 Å². The Morgan fingerprint density at radius 3 is 2.53 bits per heavy atom. The normalized spacial score (nSPS) is 10.2. The largest absolute Gasteiger partial charge is 0.489 e. The summed E-state index contributed by atoms with van der Waals surface area (Å²) >= 11 is 3.34. The number of nitrogen functional groups attached to an aromatic ring is 1. The second-order valence-electron chi connectivity index (χ2n) is 4.20. The van der Waals surface area contributed by atoms with E-state index in [1.54, 1.807) is 12.1 Å². The van der Waals surface area contributed by atoms with Gasteiger partial charge in [0.05, 0.1) is 5.56 Å². The number of rotatable bonds is 4. The number of ketones is 1. The number of Topliss-reactive ketones (excluding diaryl/α,β-unsaturated/α-hetero) is 1. The number of halogens is 1. The van der Waals surface area contributed by atoms with Crippen LogP contribution in [-0.4, -0.2) is 5.78 Å². The van der Waals surface area contributed by atoms with Gasteiger partial charge in [-0.3, -0.25) is 4.79 Å². The maximum absolute atomic E-state index is 11.4. The van der Waals surface area contributed by atoms with E-state index >= 15 is 0 Å². The van der Waals surface area contributed by atoms with Crippen molar-refractivity contribution in [3.63, 3.8) is 0 Å². The van der Waals surface area contributed by atoms with Crippen LogP contribution in [0.15, 0.2) is 46.9 Å². The molecule has 0 unspecified atom stereocenters. The van der Waals surface area contributed by atoms with Crippen LogP contribution in [-0.2, 0) is 6.61 Å². The van der Waals surface area contributed by atoms with E-state index in [1.165, 1.54) is 6.92 Å². The predicted molar refractivity (Wildman–Crippen MR) is 79.3 cm³/mol. The summed E-state index contributed by atoms with van der Waals surface area (Å²) in [4.78, 5) is 11.4. The Hall–Kier alpha value is -1.81. The molecule has 4 heteroatoms. The molecule has 0 aromatic heterocycles. The standard InChI is InChI=1S/C15H14BrNO2/c1-10(18)15-13(16)7-12(8-14(15)17)19-9-11-5-3-2-4-6-11/h2-8H,9,17H2,1H3. The molecule has 98 valence electrons. The molecule has 2 rings (SSSR count). The SMILES string of the molecule is CC(=O)c1c(N)cc(OCc2ccccc2)cc1Br. The van der Waals surface area contributed by atoms with Crippen molar-refractivity contribution in [3.8, 4) is 5.75 Å². The van der Waals surface area contributed by atoms with Crippen molar-refractivity contribution >= 4 is 27.4 Å². The first-order valence-corrected chi connectivity index (χ1v) is 6.64. The molecule has 0 saturated carbocycles. The highest BCUT2D eigenvalue weighted by molar-refractivity contribution is 9.10. The fraction of sp³-hybridized carbons (Fsp3) is 0.133. The molecule has 0 amide bonds. The van der Waals surface area contributed by atoms with Crippen LogP contribution in [0.1, 0.15) is 22.8 Å². The van der Waals surface area contributed by atoms with Crippen molar-refractivity contribution in [2.75, 3.05) is 5.73 Å². The highest BCUT2D eigenvalue weighted by atomic mass is 79.9. The Labute approximate surface area is 120 Å². The van der Waals surface area contributed by atoms with Gasteiger partial charge in [-0.2, -0.15) is 0 Å². The van der Waals surface area contributed by atoms with Crippen molar-refractivity contribution < 1.29 is 9.53 Å². The third-order valence-electron chi connectivity index (χ3n) is 2.69. The fourth-order valence-corrected chi connectivity index (χ4v) is 2.53. The van der Waals surface area contributed by atoms with E-state index in [1.807, 2.05) is 30.3 Å². The molecule has 0 spiro atoms. The van der Waals surface area contributed by atoms with Crippen LogP contribution in [0.25, 0.3) is 0 Å². The zero-order valence-electron chi connectivity index (χ0n) is 10.5. The molecule has 0 saturated heterocycles. The number of hydrogen-bond acceptors (Lipinski definition) is 3. The molecule has 0 aliphatic heterocycles. The molecule has 2 aromatic rings. The van der Waals surface area contributed by atoms with E-state index in [4.69, 9.17) is 10.5 Å². The molecular weight excluding hydrogens is 306 g/mol. The summed E-state index contributed by atoms with van der Waals surface area (Å²) in [6, 6.07) is 13.3. The number of nitrogens with two attached hydrogens (primary N) is 1. The van der Waals surface area contributed by atoms with Gasteiger partial charge in [0.15, 0.2) is 5.78 Å². The van der Waals surface area contributed by atoms with Crippen LogP contribution in [0, 0.1) is 0 Å². The van der Waals surface area contributed by atoms with E-state index in [-0.39, 0.29) is 5.78 Å². The monoisotopic (exact) mass is 319 g/mol. The van der Waals surface area contributed by atoms with Crippen LogP contribution in [0.4, 0.5) is 5.69 Å². The second-order valence-corrected chi connectivity index (χ2v) is 5.05. The number of hydrogen-bond donors (Lipinski definition) is 1. The van der Waals surface area contributed by atoms with Crippen molar-refractivity contribution in [3.05, 3.63) is 58.1 Å². The summed E-state index contributed by atoms with van der Waals surface area (Å²) in [7, 11) is 0. The summed E-state index contributed by atoms with van der Waals surface area (Å²) in [5.74, 6) is 0.567. The molecule has 0 radical (unpaired) electrons. The molecular formula is C15H14BrNO2. The van der Waals surface area contributed by atoms with Gasteiger partial charge in [0.2, 0.25) is 0 Å². The van der Waals surface area contributed by atoms with Gasteiger partial charge in [0, 0.05) is 16.2 Å². The average molecular weight is 320 g/mol. The molecule has 2 N–H and O–H groups in total. The van der Waals surface area contributed by atoms with Crippen LogP contribution in [0.5, 0.6) is 5.75 Å². The summed E-state index contributed by atoms with van der Waals surface area (Å²) < 4.78 is 6.32. The lowest BCUT2D eigenvalue weighted by atomic mass is 10.1. The number of ether oxygens (including phenoxy) is 1. The smallest absolute Gasteiger partial charge is 0.163 e. The zero-order chi connectivity index (χ0) is 13.8.